The third-order valence-corrected chi connectivity index (χ3v) is 8.79. The van der Waals surface area contributed by atoms with E-state index in [9.17, 15) is 14.7 Å². The maximum Gasteiger partial charge on any atom is 0.238 e. The van der Waals surface area contributed by atoms with Crippen molar-refractivity contribution in [1.29, 1.82) is 0 Å². The summed E-state index contributed by atoms with van der Waals surface area (Å²) in [5.74, 6) is -2.09. The van der Waals surface area contributed by atoms with Gasteiger partial charge in [0.15, 0.2) is 0 Å². The van der Waals surface area contributed by atoms with E-state index in [0.29, 0.717) is 48.4 Å². The van der Waals surface area contributed by atoms with Crippen LogP contribution in [0.25, 0.3) is 0 Å². The molecule has 2 aromatic rings. The van der Waals surface area contributed by atoms with Gasteiger partial charge < -0.3 is 21.1 Å². The number of anilines is 1. The van der Waals surface area contributed by atoms with E-state index in [4.69, 9.17) is 23.2 Å². The third-order valence-electron chi connectivity index (χ3n) is 8.26. The Labute approximate surface area is 232 Å². The minimum Gasteiger partial charge on any atom is -0.393 e. The molecule has 0 aromatic heterocycles. The maximum atomic E-state index is 15.8. The number of amides is 2. The number of hydrogen-bond acceptors (Lipinski definition) is 4. The number of hydrogen-bond donors (Lipinski definition) is 4. The Kier molecular flexibility index (Phi) is 7.27. The summed E-state index contributed by atoms with van der Waals surface area (Å²) in [6, 6.07) is 8.50. The van der Waals surface area contributed by atoms with Crippen molar-refractivity contribution in [2.24, 2.45) is 5.41 Å². The molecule has 0 bridgehead atoms. The molecule has 1 saturated carbocycles. The van der Waals surface area contributed by atoms with E-state index >= 15 is 4.39 Å². The summed E-state index contributed by atoms with van der Waals surface area (Å²) < 4.78 is 15.8. The van der Waals surface area contributed by atoms with Crippen molar-refractivity contribution in [3.63, 3.8) is 0 Å². The van der Waals surface area contributed by atoms with Gasteiger partial charge in [0.2, 0.25) is 11.8 Å². The molecule has 9 heteroatoms. The summed E-state index contributed by atoms with van der Waals surface area (Å²) in [7, 11) is 0. The molecular weight excluding hydrogens is 528 g/mol. The van der Waals surface area contributed by atoms with Crippen LogP contribution in [0, 0.1) is 11.2 Å². The van der Waals surface area contributed by atoms with Gasteiger partial charge in [-0.1, -0.05) is 62.2 Å². The Balaban J connectivity index is 1.67. The molecule has 4 N–H and O–H groups in total. The van der Waals surface area contributed by atoms with Crippen LogP contribution >= 0.6 is 23.2 Å². The smallest absolute Gasteiger partial charge is 0.238 e. The van der Waals surface area contributed by atoms with Crippen LogP contribution in [0.4, 0.5) is 10.1 Å². The molecule has 6 nitrogen and oxygen atoms in total. The Morgan fingerprint density at radius 3 is 2.55 bits per heavy atom. The van der Waals surface area contributed by atoms with Crippen LogP contribution in [0.1, 0.15) is 69.9 Å². The van der Waals surface area contributed by atoms with Crippen LogP contribution in [0.2, 0.25) is 10.0 Å². The first kappa shape index (κ1) is 27.4. The topological polar surface area (TPSA) is 90.5 Å². The van der Waals surface area contributed by atoms with Crippen LogP contribution in [0.3, 0.4) is 0 Å². The SMILES string of the molecule is CC(C)(C)C[C@@H]1NC(C(=O)NC2CCC(O)CC2)[C@H](c2cccc(Cl)c2F)[C@]12C(=O)Nc1cc(Cl)ccc12. The van der Waals surface area contributed by atoms with E-state index in [1.54, 1.807) is 24.3 Å². The first-order chi connectivity index (χ1) is 17.9. The molecule has 1 aliphatic carbocycles. The highest BCUT2D eigenvalue weighted by Gasteiger charge is 2.66. The molecule has 1 saturated heterocycles. The fourth-order valence-electron chi connectivity index (χ4n) is 6.66. The van der Waals surface area contributed by atoms with E-state index in [2.05, 4.69) is 36.7 Å². The number of aliphatic hydroxyl groups excluding tert-OH is 1. The summed E-state index contributed by atoms with van der Waals surface area (Å²) in [4.78, 5) is 28.1. The van der Waals surface area contributed by atoms with Crippen molar-refractivity contribution in [3.05, 3.63) is 63.4 Å². The van der Waals surface area contributed by atoms with Gasteiger partial charge in [-0.3, -0.25) is 9.59 Å². The van der Waals surface area contributed by atoms with Crippen LogP contribution < -0.4 is 16.0 Å². The first-order valence-corrected chi connectivity index (χ1v) is 14.0. The lowest BCUT2D eigenvalue weighted by Gasteiger charge is -2.38. The standard InChI is InChI=1S/C29H34Cl2FN3O3/c1-28(2,3)14-22-29(19-12-7-15(30)13-21(19)34-27(29)38)23(18-5-4-6-20(31)24(18)32)25(35-22)26(37)33-16-8-10-17(36)11-9-16/h4-7,12-13,16-17,22-23,25,35-36H,8-11,14H2,1-3H3,(H,33,37)(H,34,38)/t16?,17?,22-,23-,25?,29+/m0/s1. The molecule has 204 valence electrons. The predicted molar refractivity (Wildman–Crippen MR) is 147 cm³/mol. The number of carbonyl (C=O) groups excluding carboxylic acids is 2. The van der Waals surface area contributed by atoms with E-state index in [1.165, 1.54) is 6.07 Å². The van der Waals surface area contributed by atoms with Gasteiger partial charge in [0, 0.05) is 28.7 Å². The number of aliphatic hydroxyl groups is 1. The van der Waals surface area contributed by atoms with Crippen molar-refractivity contribution in [2.75, 3.05) is 5.32 Å². The van der Waals surface area contributed by atoms with Crippen molar-refractivity contribution in [3.8, 4) is 0 Å². The zero-order valence-electron chi connectivity index (χ0n) is 21.8. The highest BCUT2D eigenvalue weighted by atomic mass is 35.5. The van der Waals surface area contributed by atoms with Gasteiger partial charge in [-0.15, -0.1) is 0 Å². The van der Waals surface area contributed by atoms with E-state index in [-0.39, 0.29) is 40.0 Å². The number of fused-ring (bicyclic) bond motifs is 2. The molecule has 38 heavy (non-hydrogen) atoms. The largest absolute Gasteiger partial charge is 0.393 e. The van der Waals surface area contributed by atoms with Gasteiger partial charge in [-0.05, 0) is 66.8 Å². The number of carbonyl (C=O) groups is 2. The lowest BCUT2D eigenvalue weighted by atomic mass is 9.62. The van der Waals surface area contributed by atoms with Crippen LogP contribution in [0.15, 0.2) is 36.4 Å². The van der Waals surface area contributed by atoms with Crippen LogP contribution in [-0.4, -0.2) is 41.2 Å². The Morgan fingerprint density at radius 2 is 1.87 bits per heavy atom. The van der Waals surface area contributed by atoms with Crippen LogP contribution in [0.5, 0.6) is 0 Å². The number of benzene rings is 2. The van der Waals surface area contributed by atoms with Crippen molar-refractivity contribution >= 4 is 40.7 Å². The lowest BCUT2D eigenvalue weighted by Crippen LogP contribution is -2.50. The van der Waals surface area contributed by atoms with Gasteiger partial charge in [0.05, 0.1) is 17.2 Å². The molecule has 1 spiro atoms. The fourth-order valence-corrected chi connectivity index (χ4v) is 7.02. The van der Waals surface area contributed by atoms with Crippen molar-refractivity contribution < 1.29 is 19.1 Å². The maximum absolute atomic E-state index is 15.8. The minimum atomic E-state index is -1.27. The second-order valence-corrected chi connectivity index (χ2v) is 13.0. The quantitative estimate of drug-likeness (QED) is 0.407. The zero-order chi connectivity index (χ0) is 27.4. The van der Waals surface area contributed by atoms with Crippen LogP contribution in [-0.2, 0) is 15.0 Å². The predicted octanol–water partition coefficient (Wildman–Crippen LogP) is 5.30. The van der Waals surface area contributed by atoms with E-state index in [1.807, 2.05) is 6.07 Å². The van der Waals surface area contributed by atoms with Gasteiger partial charge >= 0.3 is 0 Å². The van der Waals surface area contributed by atoms with E-state index in [0.717, 1.165) is 0 Å². The summed E-state index contributed by atoms with van der Waals surface area (Å²) in [5.41, 5.74) is -0.00278. The molecule has 2 heterocycles. The molecule has 2 aliphatic heterocycles. The molecule has 2 aromatic carbocycles. The second-order valence-electron chi connectivity index (χ2n) is 12.1. The van der Waals surface area contributed by atoms with Crippen molar-refractivity contribution in [1.82, 2.24) is 10.6 Å². The highest BCUT2D eigenvalue weighted by Crippen LogP contribution is 2.57. The normalized spacial score (nSPS) is 30.8. The third kappa shape index (κ3) is 4.72. The number of nitrogens with one attached hydrogen (secondary N) is 3. The molecule has 4 atom stereocenters. The zero-order valence-corrected chi connectivity index (χ0v) is 23.3. The second kappa shape index (κ2) is 10.1. The Morgan fingerprint density at radius 1 is 1.16 bits per heavy atom. The Hall–Kier alpha value is -2.19. The van der Waals surface area contributed by atoms with Gasteiger partial charge in [-0.2, -0.15) is 0 Å². The Bertz CT molecular complexity index is 1260. The summed E-state index contributed by atoms with van der Waals surface area (Å²) >= 11 is 12.5. The van der Waals surface area contributed by atoms with Gasteiger partial charge in [-0.25, -0.2) is 4.39 Å². The van der Waals surface area contributed by atoms with Gasteiger partial charge in [0.1, 0.15) is 11.2 Å². The summed E-state index contributed by atoms with van der Waals surface area (Å²) in [5, 5.41) is 19.9. The van der Waals surface area contributed by atoms with Crippen molar-refractivity contribution in [2.45, 2.75) is 88.4 Å². The summed E-state index contributed by atoms with van der Waals surface area (Å²) in [6.07, 6.45) is 2.75. The molecule has 0 radical (unpaired) electrons. The van der Waals surface area contributed by atoms with E-state index < -0.39 is 29.2 Å². The molecule has 2 fully saturated rings. The molecular formula is C29H34Cl2FN3O3. The molecule has 2 amide bonds. The number of halogens is 3. The highest BCUT2D eigenvalue weighted by molar-refractivity contribution is 6.31. The number of rotatable bonds is 4. The lowest BCUT2D eigenvalue weighted by molar-refractivity contribution is -0.124. The first-order valence-electron chi connectivity index (χ1n) is 13.2. The summed E-state index contributed by atoms with van der Waals surface area (Å²) in [6.45, 7) is 6.23. The fraction of sp³-hybridized carbons (Fsp3) is 0.517. The van der Waals surface area contributed by atoms with Gasteiger partial charge in [0.25, 0.3) is 0 Å². The molecule has 1 unspecified atom stereocenters. The average molecular weight is 563 g/mol. The minimum absolute atomic E-state index is 0.0629. The molecule has 3 aliphatic rings. The monoisotopic (exact) mass is 561 g/mol. The molecule has 5 rings (SSSR count). The average Bonchev–Trinajstić information content (AvgIpc) is 3.31.